The number of nitrogens with zero attached hydrogens (tertiary/aromatic N) is 2. The summed E-state index contributed by atoms with van der Waals surface area (Å²) >= 11 is 6.33. The Balaban J connectivity index is 2.16. The number of halogens is 1. The zero-order valence-corrected chi connectivity index (χ0v) is 11.8. The van der Waals surface area contributed by atoms with Crippen LogP contribution in [0, 0.1) is 0 Å². The van der Waals surface area contributed by atoms with Crippen molar-refractivity contribution >= 4 is 11.6 Å². The van der Waals surface area contributed by atoms with Crippen molar-refractivity contribution in [3.63, 3.8) is 0 Å². The van der Waals surface area contributed by atoms with Crippen LogP contribution in [0.25, 0.3) is 0 Å². The van der Waals surface area contributed by atoms with Crippen LogP contribution < -0.4 is 0 Å². The third-order valence-electron chi connectivity index (χ3n) is 2.79. The van der Waals surface area contributed by atoms with E-state index in [2.05, 4.69) is 10.1 Å². The minimum absolute atomic E-state index is 0.137. The van der Waals surface area contributed by atoms with Gasteiger partial charge < -0.3 is 9.26 Å². The quantitative estimate of drug-likeness (QED) is 0.753. The lowest BCUT2D eigenvalue weighted by atomic mass is 10.1. The predicted molar refractivity (Wildman–Crippen MR) is 73.1 cm³/mol. The summed E-state index contributed by atoms with van der Waals surface area (Å²) < 4.78 is 10.8. The molecule has 2 atom stereocenters. The van der Waals surface area contributed by atoms with Crippen LogP contribution in [-0.4, -0.2) is 16.7 Å². The lowest BCUT2D eigenvalue weighted by Crippen LogP contribution is -2.05. The van der Waals surface area contributed by atoms with Crippen LogP contribution >= 0.6 is 11.6 Å². The summed E-state index contributed by atoms with van der Waals surface area (Å²) in [5, 5.41) is 3.53. The number of hydrogen-bond acceptors (Lipinski definition) is 4. The van der Waals surface area contributed by atoms with Crippen molar-refractivity contribution in [2.24, 2.45) is 0 Å². The van der Waals surface area contributed by atoms with Gasteiger partial charge in [-0.1, -0.05) is 42.4 Å². The van der Waals surface area contributed by atoms with E-state index >= 15 is 0 Å². The first-order valence-corrected chi connectivity index (χ1v) is 6.84. The summed E-state index contributed by atoms with van der Waals surface area (Å²) in [5.74, 6) is 0.960. The molecule has 0 fully saturated rings. The molecule has 0 aliphatic carbocycles. The van der Waals surface area contributed by atoms with Crippen LogP contribution in [0.2, 0.25) is 0 Å². The second-order valence-electron chi connectivity index (χ2n) is 4.12. The number of alkyl halides is 1. The molecule has 0 saturated carbocycles. The topological polar surface area (TPSA) is 48.2 Å². The zero-order valence-electron chi connectivity index (χ0n) is 11.0. The maximum atomic E-state index is 6.33. The van der Waals surface area contributed by atoms with Crippen molar-refractivity contribution in [3.8, 4) is 0 Å². The van der Waals surface area contributed by atoms with Gasteiger partial charge in [-0.3, -0.25) is 0 Å². The van der Waals surface area contributed by atoms with E-state index in [9.17, 15) is 0 Å². The van der Waals surface area contributed by atoms with Gasteiger partial charge in [0.05, 0.1) is 0 Å². The molecule has 2 unspecified atom stereocenters. The first-order chi connectivity index (χ1) is 9.26. The molecule has 0 bridgehead atoms. The van der Waals surface area contributed by atoms with Crippen LogP contribution in [0.4, 0.5) is 0 Å². The molecule has 19 heavy (non-hydrogen) atoms. The van der Waals surface area contributed by atoms with Gasteiger partial charge in [-0.15, -0.1) is 11.6 Å². The van der Waals surface area contributed by atoms with Crippen LogP contribution in [0.5, 0.6) is 0 Å². The summed E-state index contributed by atoms with van der Waals surface area (Å²) in [6.07, 6.45) is 0.660. The first kappa shape index (κ1) is 14.0. The highest BCUT2D eigenvalue weighted by atomic mass is 35.5. The van der Waals surface area contributed by atoms with Crippen molar-refractivity contribution in [1.82, 2.24) is 10.1 Å². The molecule has 0 radical (unpaired) electrons. The third kappa shape index (κ3) is 3.33. The molecule has 1 aromatic carbocycles. The monoisotopic (exact) mass is 280 g/mol. The van der Waals surface area contributed by atoms with E-state index in [1.807, 2.05) is 44.2 Å². The summed E-state index contributed by atoms with van der Waals surface area (Å²) in [6, 6.07) is 9.66. The summed E-state index contributed by atoms with van der Waals surface area (Å²) in [4.78, 5) is 4.34. The average Bonchev–Trinajstić information content (AvgIpc) is 2.94. The van der Waals surface area contributed by atoms with Crippen LogP contribution in [0.15, 0.2) is 34.9 Å². The molecular formula is C14H17ClN2O2. The Kier molecular flexibility index (Phi) is 4.93. The molecule has 2 aromatic rings. The molecule has 0 aliphatic heterocycles. The molecule has 1 aromatic heterocycles. The molecular weight excluding hydrogens is 264 g/mol. The van der Waals surface area contributed by atoms with Gasteiger partial charge >= 0.3 is 0 Å². The molecule has 0 saturated heterocycles. The Morgan fingerprint density at radius 1 is 1.26 bits per heavy atom. The lowest BCUT2D eigenvalue weighted by molar-refractivity contribution is 0.0518. The molecule has 1 heterocycles. The number of rotatable bonds is 6. The maximum absolute atomic E-state index is 6.33. The van der Waals surface area contributed by atoms with E-state index in [1.54, 1.807) is 0 Å². The van der Waals surface area contributed by atoms with E-state index in [1.165, 1.54) is 0 Å². The fraction of sp³-hybridized carbons (Fsp3) is 0.429. The molecule has 0 spiro atoms. The van der Waals surface area contributed by atoms with Gasteiger partial charge in [-0.05, 0) is 18.9 Å². The maximum Gasteiger partial charge on any atom is 0.249 e. The SMILES string of the molecule is CCOC(CC)c1noc(C(Cl)c2ccccc2)n1. The van der Waals surface area contributed by atoms with Crippen LogP contribution in [0.1, 0.15) is 49.0 Å². The first-order valence-electron chi connectivity index (χ1n) is 6.40. The highest BCUT2D eigenvalue weighted by Crippen LogP contribution is 2.28. The Morgan fingerprint density at radius 3 is 2.63 bits per heavy atom. The zero-order chi connectivity index (χ0) is 13.7. The van der Waals surface area contributed by atoms with Crippen molar-refractivity contribution in [1.29, 1.82) is 0 Å². The Morgan fingerprint density at radius 2 is 2.00 bits per heavy atom. The smallest absolute Gasteiger partial charge is 0.249 e. The minimum Gasteiger partial charge on any atom is -0.370 e. The van der Waals surface area contributed by atoms with E-state index in [4.69, 9.17) is 20.9 Å². The largest absolute Gasteiger partial charge is 0.370 e. The summed E-state index contributed by atoms with van der Waals surface area (Å²) in [6.45, 7) is 4.58. The third-order valence-corrected chi connectivity index (χ3v) is 3.23. The standard InChI is InChI=1S/C14H17ClN2O2/c1-3-11(18-4-2)13-16-14(19-17-13)12(15)10-8-6-5-7-9-10/h5-9,11-12H,3-4H2,1-2H3. The summed E-state index contributed by atoms with van der Waals surface area (Å²) in [7, 11) is 0. The fourth-order valence-corrected chi connectivity index (χ4v) is 2.06. The van der Waals surface area contributed by atoms with Crippen LogP contribution in [0.3, 0.4) is 0 Å². The Bertz CT molecular complexity index is 501. The summed E-state index contributed by atoms with van der Waals surface area (Å²) in [5.41, 5.74) is 0.934. The van der Waals surface area contributed by atoms with Gasteiger partial charge in [-0.25, -0.2) is 0 Å². The number of hydrogen-bond donors (Lipinski definition) is 0. The number of benzene rings is 1. The molecule has 5 heteroatoms. The highest BCUT2D eigenvalue weighted by molar-refractivity contribution is 6.22. The highest BCUT2D eigenvalue weighted by Gasteiger charge is 2.22. The average molecular weight is 281 g/mol. The molecule has 2 rings (SSSR count). The lowest BCUT2D eigenvalue weighted by Gasteiger charge is -2.09. The fourth-order valence-electron chi connectivity index (χ4n) is 1.82. The normalized spacial score (nSPS) is 14.3. The van der Waals surface area contributed by atoms with Gasteiger partial charge in [0.2, 0.25) is 11.7 Å². The van der Waals surface area contributed by atoms with Crippen molar-refractivity contribution in [3.05, 3.63) is 47.6 Å². The number of ether oxygens (including phenoxy) is 1. The number of aromatic nitrogens is 2. The molecule has 102 valence electrons. The van der Waals surface area contributed by atoms with E-state index in [0.29, 0.717) is 18.3 Å². The van der Waals surface area contributed by atoms with Gasteiger partial charge in [-0.2, -0.15) is 4.98 Å². The second-order valence-corrected chi connectivity index (χ2v) is 4.55. The van der Waals surface area contributed by atoms with Crippen molar-refractivity contribution in [2.45, 2.75) is 31.7 Å². The van der Waals surface area contributed by atoms with Crippen LogP contribution in [-0.2, 0) is 4.74 Å². The molecule has 0 amide bonds. The van der Waals surface area contributed by atoms with Gasteiger partial charge in [0.15, 0.2) is 0 Å². The Hall–Kier alpha value is -1.39. The van der Waals surface area contributed by atoms with Crippen molar-refractivity contribution < 1.29 is 9.26 Å². The van der Waals surface area contributed by atoms with E-state index in [0.717, 1.165) is 12.0 Å². The molecule has 4 nitrogen and oxygen atoms in total. The van der Waals surface area contributed by atoms with Crippen molar-refractivity contribution in [2.75, 3.05) is 6.61 Å². The van der Waals surface area contributed by atoms with Gasteiger partial charge in [0.25, 0.3) is 0 Å². The van der Waals surface area contributed by atoms with E-state index in [-0.39, 0.29) is 6.10 Å². The van der Waals surface area contributed by atoms with Gasteiger partial charge in [0, 0.05) is 6.61 Å². The Labute approximate surface area is 117 Å². The van der Waals surface area contributed by atoms with E-state index < -0.39 is 5.38 Å². The molecule has 0 N–H and O–H groups in total. The molecule has 0 aliphatic rings. The second kappa shape index (κ2) is 6.68. The van der Waals surface area contributed by atoms with Gasteiger partial charge in [0.1, 0.15) is 11.5 Å². The minimum atomic E-state index is -0.429. The predicted octanol–water partition coefficient (Wildman–Crippen LogP) is 3.89.